The summed E-state index contributed by atoms with van der Waals surface area (Å²) in [6.07, 6.45) is 2.63. The predicted molar refractivity (Wildman–Crippen MR) is 135 cm³/mol. The number of allylic oxidation sites excluding steroid dienone is 1. The van der Waals surface area contributed by atoms with Crippen LogP contribution in [0.4, 0.5) is 17.1 Å². The number of benzene rings is 2. The first-order valence-corrected chi connectivity index (χ1v) is 12.9. The molecule has 1 aliphatic rings. The second-order valence-corrected chi connectivity index (χ2v) is 10.4. The minimum absolute atomic E-state index is 0.113. The van der Waals surface area contributed by atoms with E-state index in [9.17, 15) is 18.0 Å². The maximum Gasteiger partial charge on any atom is 0.291 e. The fraction of sp³-hybridized carbons (Fsp3) is 0.0400. The van der Waals surface area contributed by atoms with Gasteiger partial charge in [0, 0.05) is 17.6 Å². The number of anilines is 3. The molecule has 10 heteroatoms. The van der Waals surface area contributed by atoms with Gasteiger partial charge >= 0.3 is 0 Å². The van der Waals surface area contributed by atoms with Crippen LogP contribution in [0.2, 0.25) is 0 Å². The van der Waals surface area contributed by atoms with Gasteiger partial charge in [0.1, 0.15) is 4.88 Å². The van der Waals surface area contributed by atoms with Gasteiger partial charge in [-0.25, -0.2) is 8.42 Å². The third kappa shape index (κ3) is 4.48. The number of hydrogen-bond donors (Lipinski definition) is 2. The molecule has 1 aliphatic heterocycles. The Hall–Kier alpha value is -4.15. The molecule has 1 amide bonds. The summed E-state index contributed by atoms with van der Waals surface area (Å²) in [7, 11) is -4.09. The lowest BCUT2D eigenvalue weighted by Gasteiger charge is -2.29. The lowest BCUT2D eigenvalue weighted by atomic mass is 10.2. The van der Waals surface area contributed by atoms with Crippen molar-refractivity contribution in [3.8, 4) is 0 Å². The first-order chi connectivity index (χ1) is 16.9. The van der Waals surface area contributed by atoms with E-state index in [1.54, 1.807) is 47.8 Å². The number of nitrogens with one attached hydrogen (secondary N) is 2. The standard InChI is InChI=1S/C25H19N3O5S2/c29-23-22(15-26-18-8-10-19(11-9-18)27-25(30)21-7-4-13-33-21)35(31,32)28(20-12-14-34-24(20)23)16-17-5-2-1-3-6-17/h1-15,26H,16H2,(H,27,30)/b22-15+. The van der Waals surface area contributed by atoms with Gasteiger partial charge in [0.2, 0.25) is 5.78 Å². The smallest absolute Gasteiger partial charge is 0.291 e. The van der Waals surface area contributed by atoms with E-state index < -0.39 is 15.8 Å². The molecule has 2 aromatic carbocycles. The summed E-state index contributed by atoms with van der Waals surface area (Å²) < 4.78 is 33.2. The van der Waals surface area contributed by atoms with Crippen LogP contribution in [0.25, 0.3) is 0 Å². The van der Waals surface area contributed by atoms with Crippen molar-refractivity contribution in [2.24, 2.45) is 0 Å². The summed E-state index contributed by atoms with van der Waals surface area (Å²) >= 11 is 1.21. The van der Waals surface area contributed by atoms with E-state index in [2.05, 4.69) is 10.6 Å². The molecule has 0 atom stereocenters. The average Bonchev–Trinajstić information content (AvgIpc) is 3.56. The molecule has 0 unspecified atom stereocenters. The first kappa shape index (κ1) is 22.6. The maximum absolute atomic E-state index is 13.4. The Morgan fingerprint density at radius 1 is 0.971 bits per heavy atom. The zero-order chi connectivity index (χ0) is 24.4. The number of nitrogens with zero attached hydrogens (tertiary/aromatic N) is 1. The molecule has 4 aromatic rings. The van der Waals surface area contributed by atoms with Crippen LogP contribution in [0.15, 0.2) is 100.0 Å². The van der Waals surface area contributed by atoms with Crippen molar-refractivity contribution in [2.75, 3.05) is 14.9 Å². The third-order valence-electron chi connectivity index (χ3n) is 5.34. The number of rotatable bonds is 6. The van der Waals surface area contributed by atoms with Crippen molar-refractivity contribution in [2.45, 2.75) is 6.54 Å². The Morgan fingerprint density at radius 3 is 2.43 bits per heavy atom. The summed E-state index contributed by atoms with van der Waals surface area (Å²) in [4.78, 5) is 25.2. The van der Waals surface area contributed by atoms with Crippen LogP contribution in [-0.4, -0.2) is 20.1 Å². The van der Waals surface area contributed by atoms with Gasteiger partial charge in [0.05, 0.1) is 18.5 Å². The van der Waals surface area contributed by atoms with Crippen molar-refractivity contribution < 1.29 is 22.4 Å². The second kappa shape index (κ2) is 9.24. The van der Waals surface area contributed by atoms with Gasteiger partial charge in [0.15, 0.2) is 10.7 Å². The van der Waals surface area contributed by atoms with Crippen molar-refractivity contribution in [1.82, 2.24) is 0 Å². The van der Waals surface area contributed by atoms with Crippen LogP contribution in [0, 0.1) is 0 Å². The highest BCUT2D eigenvalue weighted by molar-refractivity contribution is 7.97. The molecule has 0 aliphatic carbocycles. The molecule has 0 saturated heterocycles. The SMILES string of the molecule is O=C(Nc1ccc(N/C=C2\C(=O)c3sccc3N(Cc3ccccc3)S2(=O)=O)cc1)c1ccco1. The molecular formula is C25H19N3O5S2. The maximum atomic E-state index is 13.4. The van der Waals surface area contributed by atoms with Crippen LogP contribution in [0.1, 0.15) is 25.8 Å². The molecule has 2 N–H and O–H groups in total. The van der Waals surface area contributed by atoms with E-state index in [1.165, 1.54) is 28.1 Å². The number of Topliss-reactive ketones (excluding diaryl/α,β-unsaturated/α-hetero) is 1. The number of ketones is 1. The highest BCUT2D eigenvalue weighted by Crippen LogP contribution is 2.39. The lowest BCUT2D eigenvalue weighted by molar-refractivity contribution is 0.0995. The van der Waals surface area contributed by atoms with Crippen LogP contribution >= 0.6 is 11.3 Å². The summed E-state index contributed by atoms with van der Waals surface area (Å²) in [5.41, 5.74) is 2.27. The second-order valence-electron chi connectivity index (χ2n) is 7.62. The molecule has 0 fully saturated rings. The summed E-state index contributed by atoms with van der Waals surface area (Å²) in [5.74, 6) is -0.748. The molecule has 0 radical (unpaired) electrons. The van der Waals surface area contributed by atoms with Gasteiger partial charge in [-0.1, -0.05) is 30.3 Å². The molecule has 35 heavy (non-hydrogen) atoms. The predicted octanol–water partition coefficient (Wildman–Crippen LogP) is 5.08. The molecule has 2 aromatic heterocycles. The molecule has 5 rings (SSSR count). The van der Waals surface area contributed by atoms with E-state index in [4.69, 9.17) is 4.42 Å². The number of hydrogen-bond acceptors (Lipinski definition) is 7. The summed E-state index contributed by atoms with van der Waals surface area (Å²) in [5, 5.41) is 7.31. The quantitative estimate of drug-likeness (QED) is 0.354. The topological polar surface area (TPSA) is 109 Å². The number of furan rings is 1. The zero-order valence-corrected chi connectivity index (χ0v) is 19.8. The number of sulfonamides is 1. The van der Waals surface area contributed by atoms with Gasteiger partial charge in [0.25, 0.3) is 15.9 Å². The number of carbonyl (C=O) groups is 2. The van der Waals surface area contributed by atoms with Gasteiger partial charge < -0.3 is 15.1 Å². The highest BCUT2D eigenvalue weighted by Gasteiger charge is 2.41. The van der Waals surface area contributed by atoms with E-state index in [-0.39, 0.29) is 23.1 Å². The number of thiophene rings is 1. The normalized spacial score (nSPS) is 15.6. The Morgan fingerprint density at radius 2 is 1.71 bits per heavy atom. The minimum atomic E-state index is -4.09. The Balaban J connectivity index is 1.38. The van der Waals surface area contributed by atoms with Gasteiger partial charge in [-0.15, -0.1) is 11.3 Å². The Labute approximate surface area is 205 Å². The average molecular weight is 506 g/mol. The molecule has 0 saturated carbocycles. The first-order valence-electron chi connectivity index (χ1n) is 10.5. The van der Waals surface area contributed by atoms with Crippen LogP contribution in [0.3, 0.4) is 0 Å². The molecular weight excluding hydrogens is 486 g/mol. The summed E-state index contributed by atoms with van der Waals surface area (Å²) in [6, 6.07) is 20.7. The highest BCUT2D eigenvalue weighted by atomic mass is 32.2. The molecule has 0 bridgehead atoms. The van der Waals surface area contributed by atoms with Crippen molar-refractivity contribution >= 4 is 50.1 Å². The van der Waals surface area contributed by atoms with Crippen molar-refractivity contribution in [3.63, 3.8) is 0 Å². The number of carbonyl (C=O) groups excluding carboxylic acids is 2. The van der Waals surface area contributed by atoms with Crippen LogP contribution in [-0.2, 0) is 16.6 Å². The Bertz CT molecular complexity index is 1510. The van der Waals surface area contributed by atoms with Crippen LogP contribution in [0.5, 0.6) is 0 Å². The summed E-state index contributed by atoms with van der Waals surface area (Å²) in [6.45, 7) is 0.113. The monoisotopic (exact) mass is 505 g/mol. The Kier molecular flexibility index (Phi) is 5.98. The van der Waals surface area contributed by atoms with Gasteiger partial charge in [-0.2, -0.15) is 0 Å². The van der Waals surface area contributed by atoms with E-state index in [0.717, 1.165) is 5.56 Å². The van der Waals surface area contributed by atoms with Gasteiger partial charge in [-0.3, -0.25) is 13.9 Å². The van der Waals surface area contributed by atoms with E-state index in [0.29, 0.717) is 21.9 Å². The molecule has 0 spiro atoms. The third-order valence-corrected chi connectivity index (χ3v) is 8.01. The molecule has 8 nitrogen and oxygen atoms in total. The zero-order valence-electron chi connectivity index (χ0n) is 18.2. The number of amides is 1. The van der Waals surface area contributed by atoms with E-state index >= 15 is 0 Å². The fourth-order valence-corrected chi connectivity index (χ4v) is 6.09. The van der Waals surface area contributed by atoms with Crippen LogP contribution < -0.4 is 14.9 Å². The minimum Gasteiger partial charge on any atom is -0.459 e. The van der Waals surface area contributed by atoms with Crippen molar-refractivity contribution in [3.05, 3.63) is 112 Å². The van der Waals surface area contributed by atoms with E-state index in [1.807, 2.05) is 30.3 Å². The van der Waals surface area contributed by atoms with Crippen molar-refractivity contribution in [1.29, 1.82) is 0 Å². The lowest BCUT2D eigenvalue weighted by Crippen LogP contribution is -2.38. The van der Waals surface area contributed by atoms with Gasteiger partial charge in [-0.05, 0) is 53.4 Å². The molecule has 176 valence electrons. The number of fused-ring (bicyclic) bond motifs is 1. The molecule has 3 heterocycles. The fourth-order valence-electron chi connectivity index (χ4n) is 3.60. The largest absolute Gasteiger partial charge is 0.459 e.